The molecule has 1 aromatic carbocycles. The van der Waals surface area contributed by atoms with E-state index in [2.05, 4.69) is 20.2 Å². The van der Waals surface area contributed by atoms with E-state index in [0.29, 0.717) is 23.7 Å². The SMILES string of the molecule is CC(C)(O)C(=O)N[C@@H](c1ccc(F)c(F)c1)c1ccc(CN2CCC(c3ccc(F)nc3)CC2)cn1. The van der Waals surface area contributed by atoms with Gasteiger partial charge in [0.05, 0.1) is 11.7 Å². The minimum Gasteiger partial charge on any atom is -0.381 e. The Bertz CT molecular complexity index is 1190. The fourth-order valence-corrected chi connectivity index (χ4v) is 4.34. The first-order chi connectivity index (χ1) is 17.1. The van der Waals surface area contributed by atoms with E-state index >= 15 is 0 Å². The van der Waals surface area contributed by atoms with Gasteiger partial charge in [-0.2, -0.15) is 4.39 Å². The average Bonchev–Trinajstić information content (AvgIpc) is 2.85. The number of piperidine rings is 1. The summed E-state index contributed by atoms with van der Waals surface area (Å²) in [6.07, 6.45) is 5.20. The second-order valence-corrected chi connectivity index (χ2v) is 9.70. The highest BCUT2D eigenvalue weighted by atomic mass is 19.2. The predicted octanol–water partition coefficient (Wildman–Crippen LogP) is 4.25. The van der Waals surface area contributed by atoms with Gasteiger partial charge in [0.1, 0.15) is 5.60 Å². The van der Waals surface area contributed by atoms with E-state index in [1.165, 1.54) is 26.0 Å². The van der Waals surface area contributed by atoms with Gasteiger partial charge < -0.3 is 10.4 Å². The van der Waals surface area contributed by atoms with Crippen molar-refractivity contribution >= 4 is 5.91 Å². The maximum atomic E-state index is 13.9. The Kier molecular flexibility index (Phi) is 7.70. The number of carbonyl (C=O) groups excluding carboxylic acids is 1. The molecule has 2 aromatic heterocycles. The number of benzene rings is 1. The number of nitrogens with zero attached hydrogens (tertiary/aromatic N) is 3. The van der Waals surface area contributed by atoms with Crippen molar-refractivity contribution in [3.8, 4) is 0 Å². The number of aromatic nitrogens is 2. The van der Waals surface area contributed by atoms with Crippen LogP contribution < -0.4 is 5.32 Å². The Hall–Kier alpha value is -3.30. The van der Waals surface area contributed by atoms with Gasteiger partial charge in [0.2, 0.25) is 5.95 Å². The Labute approximate surface area is 208 Å². The summed E-state index contributed by atoms with van der Waals surface area (Å²) in [7, 11) is 0. The Morgan fingerprint density at radius 1 is 1.06 bits per heavy atom. The molecule has 4 rings (SSSR count). The molecule has 1 aliphatic rings. The van der Waals surface area contributed by atoms with Gasteiger partial charge in [-0.3, -0.25) is 14.7 Å². The first-order valence-corrected chi connectivity index (χ1v) is 11.9. The van der Waals surface area contributed by atoms with Crippen LogP contribution in [0.2, 0.25) is 0 Å². The van der Waals surface area contributed by atoms with Crippen LogP contribution >= 0.6 is 0 Å². The number of pyridine rings is 2. The topological polar surface area (TPSA) is 78.4 Å². The Morgan fingerprint density at radius 2 is 1.81 bits per heavy atom. The molecule has 0 spiro atoms. The third-order valence-corrected chi connectivity index (χ3v) is 6.47. The van der Waals surface area contributed by atoms with Crippen LogP contribution in [0.4, 0.5) is 13.2 Å². The van der Waals surface area contributed by atoms with Gasteiger partial charge in [0.25, 0.3) is 5.91 Å². The van der Waals surface area contributed by atoms with Crippen molar-refractivity contribution in [1.29, 1.82) is 0 Å². The predicted molar refractivity (Wildman–Crippen MR) is 128 cm³/mol. The number of hydrogen-bond donors (Lipinski definition) is 2. The van der Waals surface area contributed by atoms with E-state index < -0.39 is 35.1 Å². The average molecular weight is 499 g/mol. The molecular formula is C27H29F3N4O2. The van der Waals surface area contributed by atoms with Gasteiger partial charge in [-0.1, -0.05) is 18.2 Å². The fraction of sp³-hybridized carbons (Fsp3) is 0.370. The lowest BCUT2D eigenvalue weighted by molar-refractivity contribution is -0.137. The van der Waals surface area contributed by atoms with Crippen LogP contribution in [-0.4, -0.2) is 44.6 Å². The molecule has 0 bridgehead atoms. The Morgan fingerprint density at radius 3 is 2.39 bits per heavy atom. The van der Waals surface area contributed by atoms with Gasteiger partial charge in [-0.25, -0.2) is 13.8 Å². The molecule has 9 heteroatoms. The van der Waals surface area contributed by atoms with Gasteiger partial charge >= 0.3 is 0 Å². The highest BCUT2D eigenvalue weighted by Gasteiger charge is 2.29. The maximum Gasteiger partial charge on any atom is 0.252 e. The number of carbonyl (C=O) groups is 1. The van der Waals surface area contributed by atoms with Crippen LogP contribution in [0.15, 0.2) is 54.9 Å². The smallest absolute Gasteiger partial charge is 0.252 e. The van der Waals surface area contributed by atoms with Crippen LogP contribution in [0.1, 0.15) is 61.0 Å². The van der Waals surface area contributed by atoms with Crippen LogP contribution in [0.5, 0.6) is 0 Å². The number of hydrogen-bond acceptors (Lipinski definition) is 5. The third kappa shape index (κ3) is 6.27. The number of amides is 1. The minimum absolute atomic E-state index is 0.309. The van der Waals surface area contributed by atoms with E-state index in [-0.39, 0.29) is 0 Å². The zero-order valence-electron chi connectivity index (χ0n) is 20.2. The zero-order valence-corrected chi connectivity index (χ0v) is 20.2. The monoisotopic (exact) mass is 498 g/mol. The van der Waals surface area contributed by atoms with Crippen molar-refractivity contribution in [3.05, 3.63) is 94.8 Å². The second-order valence-electron chi connectivity index (χ2n) is 9.70. The van der Waals surface area contributed by atoms with Gasteiger partial charge in [-0.05, 0) is 86.7 Å². The number of rotatable bonds is 7. The number of likely N-dealkylation sites (tertiary alicyclic amines) is 1. The molecule has 1 atom stereocenters. The molecule has 190 valence electrons. The molecule has 0 aliphatic carbocycles. The van der Waals surface area contributed by atoms with Crippen LogP contribution in [0.25, 0.3) is 0 Å². The van der Waals surface area contributed by atoms with Crippen molar-refractivity contribution in [2.24, 2.45) is 0 Å². The Balaban J connectivity index is 1.44. The summed E-state index contributed by atoms with van der Waals surface area (Å²) < 4.78 is 40.5. The molecule has 1 amide bonds. The lowest BCUT2D eigenvalue weighted by Crippen LogP contribution is -2.44. The van der Waals surface area contributed by atoms with Crippen molar-refractivity contribution in [3.63, 3.8) is 0 Å². The van der Waals surface area contributed by atoms with Crippen LogP contribution in [-0.2, 0) is 11.3 Å². The lowest BCUT2D eigenvalue weighted by Gasteiger charge is -2.32. The van der Waals surface area contributed by atoms with Gasteiger partial charge in [0.15, 0.2) is 11.6 Å². The minimum atomic E-state index is -1.66. The van der Waals surface area contributed by atoms with E-state index in [1.807, 2.05) is 6.07 Å². The highest BCUT2D eigenvalue weighted by Crippen LogP contribution is 2.29. The molecule has 3 heterocycles. The number of halogens is 3. The van der Waals surface area contributed by atoms with E-state index in [1.54, 1.807) is 24.5 Å². The fourth-order valence-electron chi connectivity index (χ4n) is 4.34. The summed E-state index contributed by atoms with van der Waals surface area (Å²) in [5.74, 6) is -2.81. The van der Waals surface area contributed by atoms with E-state index in [0.717, 1.165) is 49.2 Å². The van der Waals surface area contributed by atoms with Gasteiger partial charge in [-0.15, -0.1) is 0 Å². The third-order valence-electron chi connectivity index (χ3n) is 6.47. The number of aliphatic hydroxyl groups is 1. The molecule has 3 aromatic rings. The van der Waals surface area contributed by atoms with E-state index in [4.69, 9.17) is 0 Å². The molecule has 0 unspecified atom stereocenters. The van der Waals surface area contributed by atoms with Gasteiger partial charge in [0, 0.05) is 18.9 Å². The largest absolute Gasteiger partial charge is 0.381 e. The van der Waals surface area contributed by atoms with Crippen molar-refractivity contribution in [2.45, 2.75) is 50.8 Å². The lowest BCUT2D eigenvalue weighted by atomic mass is 9.90. The molecule has 0 saturated carbocycles. The van der Waals surface area contributed by atoms with Crippen molar-refractivity contribution in [2.75, 3.05) is 13.1 Å². The molecule has 6 nitrogen and oxygen atoms in total. The quantitative estimate of drug-likeness (QED) is 0.477. The molecule has 1 saturated heterocycles. The first-order valence-electron chi connectivity index (χ1n) is 11.9. The second kappa shape index (κ2) is 10.8. The normalized spacial score (nSPS) is 16.1. The molecular weight excluding hydrogens is 469 g/mol. The summed E-state index contributed by atoms with van der Waals surface area (Å²) in [4.78, 5) is 23.0. The van der Waals surface area contributed by atoms with Crippen LogP contribution in [0.3, 0.4) is 0 Å². The molecule has 0 radical (unpaired) electrons. The zero-order chi connectivity index (χ0) is 25.9. The first kappa shape index (κ1) is 25.8. The molecule has 1 aliphatic heterocycles. The summed E-state index contributed by atoms with van der Waals surface area (Å²) in [5, 5.41) is 12.7. The molecule has 1 fully saturated rings. The van der Waals surface area contributed by atoms with Crippen molar-refractivity contribution in [1.82, 2.24) is 20.2 Å². The summed E-state index contributed by atoms with van der Waals surface area (Å²) >= 11 is 0. The standard InChI is InChI=1S/C27H29F3N4O2/c1-27(2,36)26(35)33-25(19-4-6-21(28)22(29)13-19)23-7-3-17(14-31-23)16-34-11-9-18(10-12-34)20-5-8-24(30)32-15-20/h3-8,13-15,18,25,36H,9-12,16H2,1-2H3,(H,33,35)/t25-/m0/s1. The molecule has 36 heavy (non-hydrogen) atoms. The summed E-state index contributed by atoms with van der Waals surface area (Å²) in [6, 6.07) is 9.34. The summed E-state index contributed by atoms with van der Waals surface area (Å²) in [6.45, 7) is 5.13. The number of nitrogens with one attached hydrogen (secondary N) is 1. The van der Waals surface area contributed by atoms with E-state index in [9.17, 15) is 23.1 Å². The van der Waals surface area contributed by atoms with Crippen molar-refractivity contribution < 1.29 is 23.1 Å². The maximum absolute atomic E-state index is 13.9. The van der Waals surface area contributed by atoms with Crippen LogP contribution in [0, 0.1) is 17.6 Å². The summed E-state index contributed by atoms with van der Waals surface area (Å²) in [5.41, 5.74) is 1.11. The molecule has 2 N–H and O–H groups in total. The highest BCUT2D eigenvalue weighted by molar-refractivity contribution is 5.84.